The fraction of sp³-hybridized carbons (Fsp3) is 0.188. The maximum absolute atomic E-state index is 12.0. The van der Waals surface area contributed by atoms with Crippen molar-refractivity contribution in [1.29, 1.82) is 0 Å². The van der Waals surface area contributed by atoms with Gasteiger partial charge in [0.2, 0.25) is 15.9 Å². The number of non-ortho nitro benzene ring substituents is 1. The number of anilines is 1. The highest BCUT2D eigenvalue weighted by molar-refractivity contribution is 8.00. The third kappa shape index (κ3) is 5.04. The molecule has 2 rings (SSSR count). The second-order valence-electron chi connectivity index (χ2n) is 5.40. The van der Waals surface area contributed by atoms with E-state index < -0.39 is 14.9 Å². The quantitative estimate of drug-likeness (QED) is 0.438. The zero-order valence-corrected chi connectivity index (χ0v) is 15.7. The van der Waals surface area contributed by atoms with Gasteiger partial charge in [-0.25, -0.2) is 12.7 Å². The van der Waals surface area contributed by atoms with Gasteiger partial charge in [0.1, 0.15) is 0 Å². The molecular weight excluding hydrogens is 378 g/mol. The van der Waals surface area contributed by atoms with Gasteiger partial charge in [0.05, 0.1) is 15.6 Å². The van der Waals surface area contributed by atoms with Crippen molar-refractivity contribution in [2.45, 2.75) is 9.79 Å². The molecular formula is C16H17N3O5S2. The molecule has 0 unspecified atom stereocenters. The van der Waals surface area contributed by atoms with Gasteiger partial charge in [-0.15, -0.1) is 11.8 Å². The Labute approximate surface area is 155 Å². The lowest BCUT2D eigenvalue weighted by Gasteiger charge is -2.12. The first-order chi connectivity index (χ1) is 12.2. The summed E-state index contributed by atoms with van der Waals surface area (Å²) in [5.74, 6) is -0.146. The van der Waals surface area contributed by atoms with Crippen LogP contribution in [-0.2, 0) is 14.8 Å². The van der Waals surface area contributed by atoms with Crippen LogP contribution < -0.4 is 5.32 Å². The van der Waals surface area contributed by atoms with Crippen molar-refractivity contribution in [3.63, 3.8) is 0 Å². The molecule has 0 heterocycles. The van der Waals surface area contributed by atoms with E-state index in [0.29, 0.717) is 5.69 Å². The highest BCUT2D eigenvalue weighted by atomic mass is 32.2. The molecule has 1 N–H and O–H groups in total. The summed E-state index contributed by atoms with van der Waals surface area (Å²) in [6, 6.07) is 11.8. The van der Waals surface area contributed by atoms with E-state index in [1.54, 1.807) is 12.1 Å². The number of nitrogens with zero attached hydrogens (tertiary/aromatic N) is 2. The number of sulfonamides is 1. The van der Waals surface area contributed by atoms with Crippen molar-refractivity contribution in [2.24, 2.45) is 0 Å². The van der Waals surface area contributed by atoms with Crippen LogP contribution in [0, 0.1) is 10.1 Å². The van der Waals surface area contributed by atoms with Crippen LogP contribution in [0.5, 0.6) is 0 Å². The number of carbonyl (C=O) groups is 1. The van der Waals surface area contributed by atoms with E-state index in [0.717, 1.165) is 9.20 Å². The van der Waals surface area contributed by atoms with Crippen molar-refractivity contribution < 1.29 is 18.1 Å². The average molecular weight is 395 g/mol. The van der Waals surface area contributed by atoms with Gasteiger partial charge in [-0.3, -0.25) is 14.9 Å². The predicted octanol–water partition coefficient (Wildman–Crippen LogP) is 2.58. The zero-order valence-electron chi connectivity index (χ0n) is 14.1. The van der Waals surface area contributed by atoms with Crippen LogP contribution in [0.1, 0.15) is 0 Å². The number of amides is 1. The summed E-state index contributed by atoms with van der Waals surface area (Å²) in [6.07, 6.45) is 0. The van der Waals surface area contributed by atoms with Crippen LogP contribution in [0.2, 0.25) is 0 Å². The summed E-state index contributed by atoms with van der Waals surface area (Å²) in [7, 11) is -0.620. The molecule has 138 valence electrons. The molecule has 0 fully saturated rings. The van der Waals surface area contributed by atoms with E-state index in [1.807, 2.05) is 0 Å². The first-order valence-electron chi connectivity index (χ1n) is 7.40. The van der Waals surface area contributed by atoms with Gasteiger partial charge in [-0.05, 0) is 36.4 Å². The largest absolute Gasteiger partial charge is 0.325 e. The minimum Gasteiger partial charge on any atom is -0.325 e. The molecule has 0 spiro atoms. The van der Waals surface area contributed by atoms with Gasteiger partial charge in [0, 0.05) is 36.8 Å². The normalized spacial score (nSPS) is 11.3. The van der Waals surface area contributed by atoms with Gasteiger partial charge in [-0.1, -0.05) is 0 Å². The number of rotatable bonds is 7. The number of thioether (sulfide) groups is 1. The summed E-state index contributed by atoms with van der Waals surface area (Å²) in [5, 5.41) is 13.3. The topological polar surface area (TPSA) is 110 Å². The molecule has 10 heteroatoms. The fourth-order valence-corrected chi connectivity index (χ4v) is 3.53. The molecule has 0 bridgehead atoms. The third-order valence-electron chi connectivity index (χ3n) is 3.33. The lowest BCUT2D eigenvalue weighted by atomic mass is 10.3. The van der Waals surface area contributed by atoms with Crippen LogP contribution in [0.4, 0.5) is 11.4 Å². The molecule has 0 saturated carbocycles. The lowest BCUT2D eigenvalue weighted by molar-refractivity contribution is -0.384. The Bertz CT molecular complexity index is 894. The molecule has 0 aliphatic rings. The molecule has 0 aromatic heterocycles. The van der Waals surface area contributed by atoms with Crippen molar-refractivity contribution >= 4 is 39.1 Å². The lowest BCUT2D eigenvalue weighted by Crippen LogP contribution is -2.22. The Morgan fingerprint density at radius 2 is 1.69 bits per heavy atom. The van der Waals surface area contributed by atoms with Crippen LogP contribution in [-0.4, -0.2) is 43.4 Å². The molecule has 0 aliphatic carbocycles. The fourth-order valence-electron chi connectivity index (χ4n) is 1.93. The van der Waals surface area contributed by atoms with E-state index in [-0.39, 0.29) is 22.2 Å². The van der Waals surface area contributed by atoms with Crippen LogP contribution in [0.15, 0.2) is 58.3 Å². The molecule has 2 aromatic rings. The molecule has 2 aromatic carbocycles. The van der Waals surface area contributed by atoms with E-state index in [9.17, 15) is 23.3 Å². The first kappa shape index (κ1) is 19.9. The minimum absolute atomic E-state index is 0.00781. The van der Waals surface area contributed by atoms with Crippen molar-refractivity contribution in [3.8, 4) is 0 Å². The van der Waals surface area contributed by atoms with E-state index >= 15 is 0 Å². The molecule has 0 atom stereocenters. The van der Waals surface area contributed by atoms with E-state index in [1.165, 1.54) is 62.3 Å². The van der Waals surface area contributed by atoms with Gasteiger partial charge in [0.15, 0.2) is 0 Å². The summed E-state index contributed by atoms with van der Waals surface area (Å²) < 4.78 is 25.1. The first-order valence-corrected chi connectivity index (χ1v) is 9.82. The number of carbonyl (C=O) groups excluding carboxylic acids is 1. The molecule has 0 radical (unpaired) electrons. The summed E-state index contributed by atoms with van der Waals surface area (Å²) in [6.45, 7) is 0. The van der Waals surface area contributed by atoms with Gasteiger partial charge < -0.3 is 5.32 Å². The Kier molecular flexibility index (Phi) is 6.35. The van der Waals surface area contributed by atoms with Gasteiger partial charge in [-0.2, -0.15) is 0 Å². The SMILES string of the molecule is CN(C)S(=O)(=O)c1ccc(NC(=O)CSc2ccc([N+](=O)[O-])cc2)cc1. The van der Waals surface area contributed by atoms with E-state index in [2.05, 4.69) is 5.32 Å². The van der Waals surface area contributed by atoms with Crippen molar-refractivity contribution in [2.75, 3.05) is 25.2 Å². The second kappa shape index (κ2) is 8.30. The Morgan fingerprint density at radius 1 is 1.12 bits per heavy atom. The van der Waals surface area contributed by atoms with Gasteiger partial charge in [0.25, 0.3) is 5.69 Å². The number of hydrogen-bond acceptors (Lipinski definition) is 6. The Balaban J connectivity index is 1.92. The number of hydrogen-bond donors (Lipinski definition) is 1. The molecule has 26 heavy (non-hydrogen) atoms. The maximum atomic E-state index is 12.0. The van der Waals surface area contributed by atoms with Gasteiger partial charge >= 0.3 is 0 Å². The standard InChI is InChI=1S/C16H17N3O5S2/c1-18(2)26(23,24)15-9-3-12(4-10-15)17-16(20)11-25-14-7-5-13(6-8-14)19(21)22/h3-10H,11H2,1-2H3,(H,17,20). The highest BCUT2D eigenvalue weighted by Crippen LogP contribution is 2.22. The minimum atomic E-state index is -3.51. The maximum Gasteiger partial charge on any atom is 0.269 e. The number of benzene rings is 2. The molecule has 8 nitrogen and oxygen atoms in total. The average Bonchev–Trinajstić information content (AvgIpc) is 2.60. The summed E-state index contributed by atoms with van der Waals surface area (Å²) >= 11 is 1.24. The van der Waals surface area contributed by atoms with Crippen molar-refractivity contribution in [3.05, 3.63) is 58.6 Å². The van der Waals surface area contributed by atoms with Crippen LogP contribution in [0.3, 0.4) is 0 Å². The summed E-state index contributed by atoms with van der Waals surface area (Å²) in [5.41, 5.74) is 0.476. The molecule has 1 amide bonds. The smallest absolute Gasteiger partial charge is 0.269 e. The number of nitro groups is 1. The second-order valence-corrected chi connectivity index (χ2v) is 8.60. The highest BCUT2D eigenvalue weighted by Gasteiger charge is 2.16. The number of nitrogens with one attached hydrogen (secondary N) is 1. The third-order valence-corrected chi connectivity index (χ3v) is 6.18. The Morgan fingerprint density at radius 3 is 2.19 bits per heavy atom. The van der Waals surface area contributed by atoms with E-state index in [4.69, 9.17) is 0 Å². The van der Waals surface area contributed by atoms with Crippen LogP contribution in [0.25, 0.3) is 0 Å². The number of nitro benzene ring substituents is 1. The van der Waals surface area contributed by atoms with Crippen LogP contribution >= 0.6 is 11.8 Å². The molecule has 0 saturated heterocycles. The van der Waals surface area contributed by atoms with Crippen molar-refractivity contribution in [1.82, 2.24) is 4.31 Å². The summed E-state index contributed by atoms with van der Waals surface area (Å²) in [4.78, 5) is 23.0. The monoisotopic (exact) mass is 395 g/mol. The molecule has 0 aliphatic heterocycles. The zero-order chi connectivity index (χ0) is 19.3. The predicted molar refractivity (Wildman–Crippen MR) is 99.8 cm³/mol. The Hall–Kier alpha value is -2.43.